The van der Waals surface area contributed by atoms with Gasteiger partial charge in [-0.15, -0.1) is 10.2 Å². The summed E-state index contributed by atoms with van der Waals surface area (Å²) >= 11 is 0. The van der Waals surface area contributed by atoms with Crippen molar-refractivity contribution in [2.75, 3.05) is 5.32 Å². The second-order valence-electron chi connectivity index (χ2n) is 8.65. The van der Waals surface area contributed by atoms with E-state index in [0.717, 1.165) is 16.2 Å². The molecule has 1 aliphatic carbocycles. The molecule has 10 nitrogen and oxygen atoms in total. The molecule has 0 unspecified atom stereocenters. The molecule has 2 aromatic heterocycles. The van der Waals surface area contributed by atoms with Crippen LogP contribution in [-0.2, 0) is 15.0 Å². The SMILES string of the molecule is O=C(O)C1(C(=O)O)c2ncccc2C=c2c1c1c(c3cc4ccccc4cc23)=Cc2nnnnc2N1. The highest BCUT2D eigenvalue weighted by Crippen LogP contribution is 2.41. The van der Waals surface area contributed by atoms with Gasteiger partial charge < -0.3 is 15.5 Å². The van der Waals surface area contributed by atoms with Gasteiger partial charge in [-0.2, -0.15) is 0 Å². The Morgan fingerprint density at radius 2 is 1.53 bits per heavy atom. The van der Waals surface area contributed by atoms with Gasteiger partial charge in [0, 0.05) is 17.0 Å². The molecule has 3 heterocycles. The Labute approximate surface area is 201 Å². The number of hydrogen-bond donors (Lipinski definition) is 3. The highest BCUT2D eigenvalue weighted by Gasteiger charge is 2.56. The van der Waals surface area contributed by atoms with Gasteiger partial charge in [0.15, 0.2) is 5.82 Å². The average molecular weight is 474 g/mol. The van der Waals surface area contributed by atoms with Crippen LogP contribution in [0.25, 0.3) is 33.7 Å². The van der Waals surface area contributed by atoms with Crippen LogP contribution in [0.4, 0.5) is 11.5 Å². The number of aromatic nitrogens is 5. The van der Waals surface area contributed by atoms with Crippen molar-refractivity contribution >= 4 is 57.1 Å². The molecule has 3 aromatic carbocycles. The smallest absolute Gasteiger partial charge is 0.332 e. The minimum Gasteiger partial charge on any atom is -0.480 e. The van der Waals surface area contributed by atoms with Gasteiger partial charge in [0.25, 0.3) is 0 Å². The predicted molar refractivity (Wildman–Crippen MR) is 129 cm³/mol. The summed E-state index contributed by atoms with van der Waals surface area (Å²) in [6, 6.07) is 15.1. The zero-order chi connectivity index (χ0) is 24.6. The quantitative estimate of drug-likeness (QED) is 0.248. The first-order chi connectivity index (χ1) is 17.5. The topological polar surface area (TPSA) is 151 Å². The summed E-state index contributed by atoms with van der Waals surface area (Å²) in [6.07, 6.45) is 4.92. The molecule has 2 aliphatic rings. The number of carboxylic acids is 2. The molecule has 0 atom stereocenters. The van der Waals surface area contributed by atoms with Crippen molar-refractivity contribution in [1.82, 2.24) is 25.6 Å². The van der Waals surface area contributed by atoms with Gasteiger partial charge in [-0.25, -0.2) is 0 Å². The standard InChI is InChI=1S/C26H14N6O4/c33-24(34)26(25(35)36)20-17(10-14-6-3-7-27-22(14)26)15-8-12-4-1-2-5-13(12)9-16(15)18-11-19-23(28-21(18)20)30-32-31-29-19/h1-11H,(H,33,34)(H,35,36)(H,28,30,31). The molecule has 172 valence electrons. The minimum absolute atomic E-state index is 0.0635. The van der Waals surface area contributed by atoms with Crippen LogP contribution in [0.5, 0.6) is 0 Å². The lowest BCUT2D eigenvalue weighted by Gasteiger charge is -2.33. The summed E-state index contributed by atoms with van der Waals surface area (Å²) in [5, 5.41) is 44.0. The van der Waals surface area contributed by atoms with E-state index in [1.807, 2.05) is 36.4 Å². The van der Waals surface area contributed by atoms with Gasteiger partial charge in [-0.1, -0.05) is 30.3 Å². The van der Waals surface area contributed by atoms with Crippen LogP contribution in [-0.4, -0.2) is 47.8 Å². The molecule has 7 rings (SSSR count). The van der Waals surface area contributed by atoms with Gasteiger partial charge in [-0.3, -0.25) is 14.6 Å². The van der Waals surface area contributed by atoms with Crippen LogP contribution in [0.15, 0.2) is 54.7 Å². The van der Waals surface area contributed by atoms with E-state index in [-0.39, 0.29) is 17.1 Å². The Morgan fingerprint density at radius 1 is 0.833 bits per heavy atom. The van der Waals surface area contributed by atoms with Crippen LogP contribution in [0, 0.1) is 0 Å². The second-order valence-corrected chi connectivity index (χ2v) is 8.65. The molecule has 0 saturated heterocycles. The molecular weight excluding hydrogens is 460 g/mol. The molecule has 3 N–H and O–H groups in total. The highest BCUT2D eigenvalue weighted by atomic mass is 16.4. The number of fused-ring (bicyclic) bond motifs is 9. The minimum atomic E-state index is -2.48. The van der Waals surface area contributed by atoms with Crippen LogP contribution in [0.3, 0.4) is 0 Å². The third-order valence-corrected chi connectivity index (χ3v) is 6.87. The molecular formula is C26H14N6O4. The van der Waals surface area contributed by atoms with Crippen molar-refractivity contribution in [3.05, 3.63) is 87.7 Å². The maximum atomic E-state index is 13.0. The van der Waals surface area contributed by atoms with Crippen molar-refractivity contribution in [2.24, 2.45) is 0 Å². The zero-order valence-electron chi connectivity index (χ0n) is 18.3. The average Bonchev–Trinajstić information content (AvgIpc) is 2.89. The summed E-state index contributed by atoms with van der Waals surface area (Å²) in [7, 11) is 0. The lowest BCUT2D eigenvalue weighted by molar-refractivity contribution is -0.155. The Morgan fingerprint density at radius 3 is 2.25 bits per heavy atom. The van der Waals surface area contributed by atoms with Crippen molar-refractivity contribution in [3.63, 3.8) is 0 Å². The largest absolute Gasteiger partial charge is 0.480 e. The number of aliphatic carboxylic acids is 2. The first-order valence-electron chi connectivity index (χ1n) is 11.0. The third-order valence-electron chi connectivity index (χ3n) is 6.87. The Kier molecular flexibility index (Phi) is 3.86. The van der Waals surface area contributed by atoms with Gasteiger partial charge in [0.1, 0.15) is 5.69 Å². The number of carboxylic acid groups (broad SMARTS) is 2. The van der Waals surface area contributed by atoms with Gasteiger partial charge in [0.05, 0.1) is 11.4 Å². The summed E-state index contributed by atoms with van der Waals surface area (Å²) in [5.74, 6) is -2.84. The van der Waals surface area contributed by atoms with Crippen LogP contribution in [0.1, 0.15) is 22.5 Å². The number of nitrogens with zero attached hydrogens (tertiary/aromatic N) is 5. The van der Waals surface area contributed by atoms with Crippen molar-refractivity contribution in [2.45, 2.75) is 5.41 Å². The number of hydrogen-bond acceptors (Lipinski definition) is 8. The van der Waals surface area contributed by atoms with E-state index in [9.17, 15) is 19.8 Å². The van der Waals surface area contributed by atoms with E-state index in [1.165, 1.54) is 6.20 Å². The number of carbonyl (C=O) groups is 2. The zero-order valence-corrected chi connectivity index (χ0v) is 18.3. The van der Waals surface area contributed by atoms with Crippen LogP contribution >= 0.6 is 0 Å². The van der Waals surface area contributed by atoms with Gasteiger partial charge in [0.2, 0.25) is 5.41 Å². The maximum Gasteiger partial charge on any atom is 0.332 e. The van der Waals surface area contributed by atoms with Crippen molar-refractivity contribution < 1.29 is 19.8 Å². The van der Waals surface area contributed by atoms with Gasteiger partial charge >= 0.3 is 11.9 Å². The summed E-state index contributed by atoms with van der Waals surface area (Å²) < 4.78 is 0. The molecule has 10 heteroatoms. The van der Waals surface area contributed by atoms with E-state index in [4.69, 9.17) is 0 Å². The molecule has 0 fully saturated rings. The summed E-state index contributed by atoms with van der Waals surface area (Å²) in [5.41, 5.74) is -1.33. The fourth-order valence-corrected chi connectivity index (χ4v) is 5.35. The fourth-order valence-electron chi connectivity index (χ4n) is 5.35. The maximum absolute atomic E-state index is 13.0. The number of pyridine rings is 1. The number of rotatable bonds is 2. The van der Waals surface area contributed by atoms with E-state index in [1.54, 1.807) is 24.3 Å². The highest BCUT2D eigenvalue weighted by molar-refractivity contribution is 6.14. The Hall–Kier alpha value is -5.25. The van der Waals surface area contributed by atoms with Gasteiger partial charge in [-0.05, 0) is 73.1 Å². The van der Waals surface area contributed by atoms with Crippen LogP contribution in [0.2, 0.25) is 0 Å². The van der Waals surface area contributed by atoms with Crippen molar-refractivity contribution in [3.8, 4) is 0 Å². The summed E-state index contributed by atoms with van der Waals surface area (Å²) in [6.45, 7) is 0. The molecule has 1 aliphatic heterocycles. The molecule has 0 amide bonds. The predicted octanol–water partition coefficient (Wildman–Crippen LogP) is 1.45. The molecule has 0 radical (unpaired) electrons. The van der Waals surface area contributed by atoms with Crippen LogP contribution < -0.4 is 15.8 Å². The molecule has 36 heavy (non-hydrogen) atoms. The third kappa shape index (κ3) is 2.41. The first kappa shape index (κ1) is 20.2. The lowest BCUT2D eigenvalue weighted by atomic mass is 9.69. The number of anilines is 2. The molecule has 0 spiro atoms. The second kappa shape index (κ2) is 6.89. The molecule has 0 bridgehead atoms. The monoisotopic (exact) mass is 474 g/mol. The molecule has 5 aromatic rings. The number of nitrogens with one attached hydrogen (secondary N) is 1. The van der Waals surface area contributed by atoms with E-state index in [2.05, 4.69) is 30.9 Å². The molecule has 0 saturated carbocycles. The Bertz CT molecular complexity index is 1940. The lowest BCUT2D eigenvalue weighted by Crippen LogP contribution is -2.52. The Balaban J connectivity index is 1.81. The van der Waals surface area contributed by atoms with E-state index in [0.29, 0.717) is 32.8 Å². The fraction of sp³-hybridized carbons (Fsp3) is 0.0385. The first-order valence-corrected chi connectivity index (χ1v) is 11.0. The van der Waals surface area contributed by atoms with E-state index < -0.39 is 17.4 Å². The normalized spacial score (nSPS) is 14.3. The number of benzene rings is 3. The van der Waals surface area contributed by atoms with Crippen molar-refractivity contribution in [1.29, 1.82) is 0 Å². The summed E-state index contributed by atoms with van der Waals surface area (Å²) in [4.78, 5) is 30.3. The van der Waals surface area contributed by atoms with E-state index >= 15 is 0 Å².